The summed E-state index contributed by atoms with van der Waals surface area (Å²) in [5, 5.41) is 17.2. The van der Waals surface area contributed by atoms with Crippen molar-refractivity contribution >= 4 is 39.8 Å². The number of benzene rings is 2. The van der Waals surface area contributed by atoms with E-state index in [0.717, 1.165) is 34.3 Å². The quantitative estimate of drug-likeness (QED) is 0.392. The first kappa shape index (κ1) is 19.3. The minimum atomic E-state index is -0.0628. The molecule has 1 fully saturated rings. The Morgan fingerprint density at radius 2 is 2.00 bits per heavy atom. The van der Waals surface area contributed by atoms with E-state index in [0.29, 0.717) is 11.8 Å². The Labute approximate surface area is 183 Å². The highest BCUT2D eigenvalue weighted by Gasteiger charge is 2.30. The van der Waals surface area contributed by atoms with E-state index in [4.69, 9.17) is 0 Å². The van der Waals surface area contributed by atoms with Gasteiger partial charge >= 0.3 is 0 Å². The van der Waals surface area contributed by atoms with Crippen molar-refractivity contribution in [2.24, 2.45) is 0 Å². The third-order valence-electron chi connectivity index (χ3n) is 5.32. The topological polar surface area (TPSA) is 59.8 Å². The van der Waals surface area contributed by atoms with Gasteiger partial charge in [-0.25, -0.2) is 0 Å². The van der Waals surface area contributed by atoms with Crippen LogP contribution in [0.25, 0.3) is 21.5 Å². The fourth-order valence-corrected chi connectivity index (χ4v) is 5.25. The summed E-state index contributed by atoms with van der Waals surface area (Å²) >= 11 is 3.13. The first-order chi connectivity index (χ1) is 14.7. The number of carbonyl (C=O) groups is 1. The first-order valence-electron chi connectivity index (χ1n) is 10.1. The molecule has 1 amide bonds. The summed E-state index contributed by atoms with van der Waals surface area (Å²) in [5.41, 5.74) is 1.13. The molecule has 0 saturated heterocycles. The number of nitrogens with zero attached hydrogens (tertiary/aromatic N) is 3. The van der Waals surface area contributed by atoms with Gasteiger partial charge in [-0.1, -0.05) is 60.3 Å². The predicted octanol–water partition coefficient (Wildman–Crippen LogP) is 5.46. The van der Waals surface area contributed by atoms with E-state index in [1.165, 1.54) is 22.5 Å². The summed E-state index contributed by atoms with van der Waals surface area (Å²) in [5.74, 6) is 1.24. The number of hydrogen-bond donors (Lipinski definition) is 1. The van der Waals surface area contributed by atoms with Gasteiger partial charge in [0.15, 0.2) is 11.0 Å². The molecule has 152 valence electrons. The standard InChI is InChI=1S/C23H22N4OS2/c1-15(18-9-4-7-16-6-2-3-8-19(16)18)24-21(28)14-30-23-26-25-22(20-10-5-13-29-20)27(23)17-11-12-17/h2-10,13,15,17H,11-12,14H2,1H3,(H,24,28)/t15-/m0/s1. The molecule has 0 spiro atoms. The monoisotopic (exact) mass is 434 g/mol. The third kappa shape index (κ3) is 3.87. The molecule has 0 radical (unpaired) electrons. The zero-order chi connectivity index (χ0) is 20.5. The SMILES string of the molecule is C[C@H](NC(=O)CSc1nnc(-c2cccs2)n1C1CC1)c1cccc2ccccc12. The van der Waals surface area contributed by atoms with Gasteiger partial charge in [0.25, 0.3) is 0 Å². The number of fused-ring (bicyclic) bond motifs is 1. The van der Waals surface area contributed by atoms with Gasteiger partial charge in [0.2, 0.25) is 5.91 Å². The molecule has 2 aromatic carbocycles. The van der Waals surface area contributed by atoms with Crippen molar-refractivity contribution in [1.29, 1.82) is 0 Å². The zero-order valence-electron chi connectivity index (χ0n) is 16.6. The van der Waals surface area contributed by atoms with Crippen LogP contribution in [0.3, 0.4) is 0 Å². The van der Waals surface area contributed by atoms with E-state index >= 15 is 0 Å². The van der Waals surface area contributed by atoms with Crippen LogP contribution in [0.2, 0.25) is 0 Å². The number of rotatable bonds is 7. The van der Waals surface area contributed by atoms with Crippen LogP contribution in [0.4, 0.5) is 0 Å². The minimum absolute atomic E-state index is 0.00320. The lowest BCUT2D eigenvalue weighted by atomic mass is 10.00. The van der Waals surface area contributed by atoms with Crippen LogP contribution in [-0.4, -0.2) is 26.4 Å². The maximum Gasteiger partial charge on any atom is 0.230 e. The van der Waals surface area contributed by atoms with E-state index in [-0.39, 0.29) is 11.9 Å². The summed E-state index contributed by atoms with van der Waals surface area (Å²) in [7, 11) is 0. The van der Waals surface area contributed by atoms with Crippen molar-refractivity contribution < 1.29 is 4.79 Å². The fourth-order valence-electron chi connectivity index (χ4n) is 3.73. The maximum atomic E-state index is 12.7. The van der Waals surface area contributed by atoms with Crippen molar-refractivity contribution in [3.63, 3.8) is 0 Å². The molecule has 1 aliphatic carbocycles. The molecule has 2 aromatic heterocycles. The summed E-state index contributed by atoms with van der Waals surface area (Å²) in [6, 6.07) is 19.0. The normalized spacial score (nSPS) is 14.7. The van der Waals surface area contributed by atoms with Gasteiger partial charge in [-0.05, 0) is 47.5 Å². The minimum Gasteiger partial charge on any atom is -0.349 e. The smallest absolute Gasteiger partial charge is 0.230 e. The van der Waals surface area contributed by atoms with Gasteiger partial charge in [0.1, 0.15) is 0 Å². The van der Waals surface area contributed by atoms with Gasteiger partial charge in [0, 0.05) is 6.04 Å². The lowest BCUT2D eigenvalue weighted by molar-refractivity contribution is -0.119. The number of amides is 1. The molecule has 5 nitrogen and oxygen atoms in total. The molecular weight excluding hydrogens is 412 g/mol. The summed E-state index contributed by atoms with van der Waals surface area (Å²) < 4.78 is 2.21. The number of hydrogen-bond acceptors (Lipinski definition) is 5. The number of carbonyl (C=O) groups excluding carboxylic acids is 1. The molecule has 1 aliphatic rings. The fraction of sp³-hybridized carbons (Fsp3) is 0.261. The highest BCUT2D eigenvalue weighted by molar-refractivity contribution is 7.99. The average Bonchev–Trinajstić information content (AvgIpc) is 3.28. The van der Waals surface area contributed by atoms with Crippen LogP contribution in [0.1, 0.15) is 37.4 Å². The molecule has 0 unspecified atom stereocenters. The molecule has 0 aliphatic heterocycles. The van der Waals surface area contributed by atoms with Crippen LogP contribution in [0, 0.1) is 0 Å². The first-order valence-corrected chi connectivity index (χ1v) is 12.0. The number of nitrogens with one attached hydrogen (secondary N) is 1. The van der Waals surface area contributed by atoms with Crippen molar-refractivity contribution in [3.8, 4) is 10.7 Å². The second-order valence-electron chi connectivity index (χ2n) is 7.53. The summed E-state index contributed by atoms with van der Waals surface area (Å²) in [6.07, 6.45) is 2.29. The van der Waals surface area contributed by atoms with Gasteiger partial charge in [0.05, 0.1) is 16.7 Å². The molecule has 1 saturated carbocycles. The molecule has 4 aromatic rings. The third-order valence-corrected chi connectivity index (χ3v) is 7.13. The molecule has 1 N–H and O–H groups in total. The van der Waals surface area contributed by atoms with Gasteiger partial charge in [-0.15, -0.1) is 21.5 Å². The summed E-state index contributed by atoms with van der Waals surface area (Å²) in [6.45, 7) is 2.03. The van der Waals surface area contributed by atoms with E-state index in [2.05, 4.69) is 55.8 Å². The van der Waals surface area contributed by atoms with Crippen LogP contribution in [0.5, 0.6) is 0 Å². The Morgan fingerprint density at radius 3 is 2.80 bits per heavy atom. The Hall–Kier alpha value is -2.64. The van der Waals surface area contributed by atoms with Crippen molar-refractivity contribution in [3.05, 3.63) is 65.5 Å². The van der Waals surface area contributed by atoms with Crippen LogP contribution < -0.4 is 5.32 Å². The van der Waals surface area contributed by atoms with E-state index < -0.39 is 0 Å². The molecular formula is C23H22N4OS2. The van der Waals surface area contributed by atoms with E-state index in [1.807, 2.05) is 31.2 Å². The van der Waals surface area contributed by atoms with Crippen molar-refractivity contribution in [1.82, 2.24) is 20.1 Å². The molecule has 2 heterocycles. The molecule has 5 rings (SSSR count). The highest BCUT2D eigenvalue weighted by Crippen LogP contribution is 2.41. The average molecular weight is 435 g/mol. The number of thioether (sulfide) groups is 1. The van der Waals surface area contributed by atoms with E-state index in [1.54, 1.807) is 11.3 Å². The number of aromatic nitrogens is 3. The lowest BCUT2D eigenvalue weighted by Gasteiger charge is -2.16. The Bertz CT molecular complexity index is 1180. The van der Waals surface area contributed by atoms with Crippen LogP contribution in [-0.2, 0) is 4.79 Å². The molecule has 1 atom stereocenters. The molecule has 7 heteroatoms. The predicted molar refractivity (Wildman–Crippen MR) is 123 cm³/mol. The van der Waals surface area contributed by atoms with E-state index in [9.17, 15) is 4.79 Å². The lowest BCUT2D eigenvalue weighted by Crippen LogP contribution is -2.28. The van der Waals surface area contributed by atoms with Crippen LogP contribution in [0.15, 0.2) is 65.1 Å². The van der Waals surface area contributed by atoms with Gasteiger partial charge < -0.3 is 5.32 Å². The van der Waals surface area contributed by atoms with Gasteiger partial charge in [-0.3, -0.25) is 9.36 Å². The van der Waals surface area contributed by atoms with Crippen molar-refractivity contribution in [2.45, 2.75) is 37.0 Å². The molecule has 0 bridgehead atoms. The second-order valence-corrected chi connectivity index (χ2v) is 9.42. The van der Waals surface area contributed by atoms with Gasteiger partial charge in [-0.2, -0.15) is 0 Å². The largest absolute Gasteiger partial charge is 0.349 e. The number of thiophene rings is 1. The van der Waals surface area contributed by atoms with Crippen LogP contribution >= 0.6 is 23.1 Å². The Balaban J connectivity index is 1.28. The second kappa shape index (κ2) is 8.24. The zero-order valence-corrected chi connectivity index (χ0v) is 18.2. The maximum absolute atomic E-state index is 12.7. The summed E-state index contributed by atoms with van der Waals surface area (Å²) in [4.78, 5) is 13.8. The van der Waals surface area contributed by atoms with Crippen molar-refractivity contribution in [2.75, 3.05) is 5.75 Å². The highest BCUT2D eigenvalue weighted by atomic mass is 32.2. The Morgan fingerprint density at radius 1 is 1.17 bits per heavy atom. The Kier molecular flexibility index (Phi) is 5.31. The molecule has 30 heavy (non-hydrogen) atoms.